The number of amides is 2. The molecule has 3 N–H and O–H groups in total. The van der Waals surface area contributed by atoms with E-state index >= 15 is 0 Å². The largest absolute Gasteiger partial charge is 0.494 e. The second-order valence-corrected chi connectivity index (χ2v) is 4.70. The molecule has 0 aliphatic carbocycles. The van der Waals surface area contributed by atoms with E-state index in [-0.39, 0.29) is 18.1 Å². The molecule has 118 valence electrons. The topological polar surface area (TPSA) is 62.4 Å². The van der Waals surface area contributed by atoms with Crippen LogP contribution in [-0.2, 0) is 0 Å². The van der Waals surface area contributed by atoms with Gasteiger partial charge in [-0.15, -0.1) is 12.4 Å². The second-order valence-electron chi connectivity index (χ2n) is 4.70. The third-order valence-corrected chi connectivity index (χ3v) is 3.17. The molecule has 2 amide bonds. The Labute approximate surface area is 130 Å². The van der Waals surface area contributed by atoms with Gasteiger partial charge in [0.05, 0.1) is 12.3 Å². The summed E-state index contributed by atoms with van der Waals surface area (Å²) in [4.78, 5) is 11.7. The number of rotatable bonds is 5. The molecule has 1 aromatic carbocycles. The van der Waals surface area contributed by atoms with E-state index in [1.807, 2.05) is 6.92 Å². The summed E-state index contributed by atoms with van der Waals surface area (Å²) in [6.07, 6.45) is 2.18. The molecule has 21 heavy (non-hydrogen) atoms. The number of halogens is 2. The van der Waals surface area contributed by atoms with Crippen LogP contribution in [0.3, 0.4) is 0 Å². The first-order valence-electron chi connectivity index (χ1n) is 6.89. The van der Waals surface area contributed by atoms with Gasteiger partial charge in [-0.1, -0.05) is 0 Å². The van der Waals surface area contributed by atoms with Crippen molar-refractivity contribution in [3.05, 3.63) is 24.0 Å². The van der Waals surface area contributed by atoms with E-state index in [4.69, 9.17) is 4.74 Å². The minimum absolute atomic E-state index is 0. The Morgan fingerprint density at radius 3 is 2.95 bits per heavy atom. The van der Waals surface area contributed by atoms with Gasteiger partial charge in [-0.3, -0.25) is 0 Å². The molecule has 0 saturated carbocycles. The number of carbonyl (C=O) groups excluding carboxylic acids is 1. The molecule has 0 bridgehead atoms. The van der Waals surface area contributed by atoms with Crippen LogP contribution >= 0.6 is 12.4 Å². The Kier molecular flexibility index (Phi) is 7.25. The molecule has 0 aromatic heterocycles. The van der Waals surface area contributed by atoms with Gasteiger partial charge < -0.3 is 20.7 Å². The number of urea groups is 1. The Balaban J connectivity index is 0.00000220. The molecule has 1 atom stereocenters. The molecule has 5 nitrogen and oxygen atoms in total. The highest BCUT2D eigenvalue weighted by Gasteiger charge is 2.15. The van der Waals surface area contributed by atoms with Crippen molar-refractivity contribution in [2.75, 3.05) is 25.0 Å². The van der Waals surface area contributed by atoms with Crippen molar-refractivity contribution in [3.8, 4) is 5.75 Å². The Bertz CT molecular complexity index is 468. The maximum absolute atomic E-state index is 13.7. The molecule has 1 saturated heterocycles. The van der Waals surface area contributed by atoms with Crippen molar-refractivity contribution in [2.24, 2.45) is 0 Å². The fourth-order valence-corrected chi connectivity index (χ4v) is 2.17. The lowest BCUT2D eigenvalue weighted by atomic mass is 10.2. The van der Waals surface area contributed by atoms with Crippen molar-refractivity contribution in [1.82, 2.24) is 10.6 Å². The maximum Gasteiger partial charge on any atom is 0.319 e. The van der Waals surface area contributed by atoms with Crippen LogP contribution in [0.25, 0.3) is 0 Å². The smallest absolute Gasteiger partial charge is 0.319 e. The van der Waals surface area contributed by atoms with Crippen LogP contribution in [0.1, 0.15) is 19.8 Å². The molecule has 1 aliphatic rings. The first kappa shape index (κ1) is 17.5. The van der Waals surface area contributed by atoms with Gasteiger partial charge in [-0.05, 0) is 38.4 Å². The predicted molar refractivity (Wildman–Crippen MR) is 82.9 cm³/mol. The lowest BCUT2D eigenvalue weighted by Crippen LogP contribution is -2.39. The lowest BCUT2D eigenvalue weighted by molar-refractivity contribution is 0.251. The summed E-state index contributed by atoms with van der Waals surface area (Å²) in [5.74, 6) is -0.0591. The van der Waals surface area contributed by atoms with Crippen LogP contribution in [0.15, 0.2) is 18.2 Å². The average molecular weight is 318 g/mol. The van der Waals surface area contributed by atoms with E-state index in [0.717, 1.165) is 19.4 Å². The molecular formula is C14H21ClFN3O2. The first-order chi connectivity index (χ1) is 9.69. The highest BCUT2D eigenvalue weighted by Crippen LogP contribution is 2.20. The van der Waals surface area contributed by atoms with Gasteiger partial charge in [0.25, 0.3) is 0 Å². The molecule has 0 unspecified atom stereocenters. The van der Waals surface area contributed by atoms with Crippen molar-refractivity contribution in [1.29, 1.82) is 0 Å². The van der Waals surface area contributed by atoms with Crippen LogP contribution in [0, 0.1) is 5.82 Å². The van der Waals surface area contributed by atoms with Crippen LogP contribution < -0.4 is 20.7 Å². The standard InChI is InChI=1S/C14H20FN3O2.ClH/c1-2-20-11-5-6-13(12(15)8-11)18-14(19)17-9-10-4-3-7-16-10;/h5-6,8,10,16H,2-4,7,9H2,1H3,(H2,17,18,19);1H/t10-;/m0./s1. The summed E-state index contributed by atoms with van der Waals surface area (Å²) in [6, 6.07) is 4.29. The zero-order valence-corrected chi connectivity index (χ0v) is 12.8. The molecule has 7 heteroatoms. The monoisotopic (exact) mass is 317 g/mol. The maximum atomic E-state index is 13.7. The molecular weight excluding hydrogens is 297 g/mol. The Morgan fingerprint density at radius 1 is 1.52 bits per heavy atom. The lowest BCUT2D eigenvalue weighted by Gasteiger charge is -2.13. The number of hydrogen-bond acceptors (Lipinski definition) is 3. The van der Waals surface area contributed by atoms with Gasteiger partial charge >= 0.3 is 6.03 Å². The van der Waals surface area contributed by atoms with E-state index in [9.17, 15) is 9.18 Å². The van der Waals surface area contributed by atoms with Crippen LogP contribution in [-0.4, -0.2) is 31.8 Å². The van der Waals surface area contributed by atoms with Crippen LogP contribution in [0.5, 0.6) is 5.75 Å². The minimum atomic E-state index is -0.509. The summed E-state index contributed by atoms with van der Waals surface area (Å²) < 4.78 is 18.9. The Hall–Kier alpha value is -1.53. The molecule has 1 fully saturated rings. The van der Waals surface area contributed by atoms with Gasteiger partial charge in [0.15, 0.2) is 0 Å². The summed E-state index contributed by atoms with van der Waals surface area (Å²) in [6.45, 7) is 3.83. The third kappa shape index (κ3) is 5.40. The molecule has 2 rings (SSSR count). The molecule has 1 aromatic rings. The minimum Gasteiger partial charge on any atom is -0.494 e. The number of ether oxygens (including phenoxy) is 1. The highest BCUT2D eigenvalue weighted by molar-refractivity contribution is 5.89. The SMILES string of the molecule is CCOc1ccc(NC(=O)NC[C@@H]2CCCN2)c(F)c1.Cl. The van der Waals surface area contributed by atoms with Gasteiger partial charge in [-0.2, -0.15) is 0 Å². The van der Waals surface area contributed by atoms with E-state index in [0.29, 0.717) is 24.9 Å². The molecule has 0 radical (unpaired) electrons. The van der Waals surface area contributed by atoms with E-state index in [1.165, 1.54) is 12.1 Å². The number of anilines is 1. The average Bonchev–Trinajstić information content (AvgIpc) is 2.93. The molecule has 1 aliphatic heterocycles. The van der Waals surface area contributed by atoms with Crippen LogP contribution in [0.4, 0.5) is 14.9 Å². The summed E-state index contributed by atoms with van der Waals surface area (Å²) >= 11 is 0. The summed E-state index contributed by atoms with van der Waals surface area (Å²) in [7, 11) is 0. The zero-order chi connectivity index (χ0) is 14.4. The second kappa shape index (κ2) is 8.69. The quantitative estimate of drug-likeness (QED) is 0.782. The normalized spacial score (nSPS) is 17.0. The fraction of sp³-hybridized carbons (Fsp3) is 0.500. The Morgan fingerprint density at radius 2 is 2.33 bits per heavy atom. The van der Waals surface area contributed by atoms with Crippen LogP contribution in [0.2, 0.25) is 0 Å². The number of nitrogens with one attached hydrogen (secondary N) is 3. The first-order valence-corrected chi connectivity index (χ1v) is 6.89. The number of hydrogen-bond donors (Lipinski definition) is 3. The van der Waals surface area contributed by atoms with Crippen molar-refractivity contribution in [3.63, 3.8) is 0 Å². The van der Waals surface area contributed by atoms with E-state index in [2.05, 4.69) is 16.0 Å². The van der Waals surface area contributed by atoms with Crippen molar-refractivity contribution in [2.45, 2.75) is 25.8 Å². The van der Waals surface area contributed by atoms with Gasteiger partial charge in [0.1, 0.15) is 11.6 Å². The van der Waals surface area contributed by atoms with Crippen molar-refractivity contribution < 1.29 is 13.9 Å². The van der Waals surface area contributed by atoms with Gasteiger partial charge in [-0.25, -0.2) is 9.18 Å². The van der Waals surface area contributed by atoms with Gasteiger partial charge in [0, 0.05) is 18.7 Å². The van der Waals surface area contributed by atoms with E-state index in [1.54, 1.807) is 6.07 Å². The zero-order valence-electron chi connectivity index (χ0n) is 11.9. The van der Waals surface area contributed by atoms with E-state index < -0.39 is 11.8 Å². The highest BCUT2D eigenvalue weighted by atomic mass is 35.5. The predicted octanol–water partition coefficient (Wildman–Crippen LogP) is 2.52. The third-order valence-electron chi connectivity index (χ3n) is 3.17. The van der Waals surface area contributed by atoms with Crippen molar-refractivity contribution >= 4 is 24.1 Å². The molecule has 0 spiro atoms. The molecule has 1 heterocycles. The fourth-order valence-electron chi connectivity index (χ4n) is 2.17. The number of carbonyl (C=O) groups is 1. The summed E-state index contributed by atoms with van der Waals surface area (Å²) in [5, 5.41) is 8.50. The number of benzene rings is 1. The van der Waals surface area contributed by atoms with Gasteiger partial charge in [0.2, 0.25) is 0 Å². The summed E-state index contributed by atoms with van der Waals surface area (Å²) in [5.41, 5.74) is 0.144.